The van der Waals surface area contributed by atoms with Gasteiger partial charge in [-0.1, -0.05) is 35.9 Å². The molecule has 1 heterocycles. The van der Waals surface area contributed by atoms with Gasteiger partial charge in [-0.15, -0.1) is 0 Å². The fraction of sp³-hybridized carbons (Fsp3) is 0.278. The highest BCUT2D eigenvalue weighted by Crippen LogP contribution is 2.22. The Labute approximate surface area is 135 Å². The summed E-state index contributed by atoms with van der Waals surface area (Å²) in [5.41, 5.74) is 4.20. The molecule has 1 atom stereocenters. The van der Waals surface area contributed by atoms with E-state index in [1.165, 1.54) is 11.1 Å². The molecule has 0 spiro atoms. The highest BCUT2D eigenvalue weighted by atomic mass is 35.5. The molecule has 1 amide bonds. The summed E-state index contributed by atoms with van der Waals surface area (Å²) in [6, 6.07) is 13.9. The Kier molecular flexibility index (Phi) is 4.46. The van der Waals surface area contributed by atoms with Gasteiger partial charge in [0.2, 0.25) is 0 Å². The molecule has 0 fully saturated rings. The number of hydrogen-bond donors (Lipinski definition) is 2. The largest absolute Gasteiger partial charge is 0.350 e. The van der Waals surface area contributed by atoms with E-state index in [1.807, 2.05) is 19.1 Å². The maximum Gasteiger partial charge on any atom is 0.251 e. The van der Waals surface area contributed by atoms with Crippen molar-refractivity contribution in [2.75, 3.05) is 13.1 Å². The Morgan fingerprint density at radius 3 is 2.95 bits per heavy atom. The van der Waals surface area contributed by atoms with E-state index in [1.54, 1.807) is 12.1 Å². The number of halogens is 1. The summed E-state index contributed by atoms with van der Waals surface area (Å²) in [6.45, 7) is 3.42. The zero-order valence-corrected chi connectivity index (χ0v) is 13.3. The van der Waals surface area contributed by atoms with Gasteiger partial charge < -0.3 is 10.6 Å². The Bertz CT molecular complexity index is 699. The van der Waals surface area contributed by atoms with E-state index in [4.69, 9.17) is 11.6 Å². The smallest absolute Gasteiger partial charge is 0.251 e. The Hall–Kier alpha value is -1.84. The summed E-state index contributed by atoms with van der Waals surface area (Å²) >= 11 is 6.00. The highest BCUT2D eigenvalue weighted by Gasteiger charge is 2.19. The third kappa shape index (κ3) is 3.16. The molecule has 114 valence electrons. The van der Waals surface area contributed by atoms with Crippen LogP contribution in [-0.2, 0) is 6.42 Å². The van der Waals surface area contributed by atoms with Crippen molar-refractivity contribution in [3.63, 3.8) is 0 Å². The second-order valence-electron chi connectivity index (χ2n) is 5.63. The van der Waals surface area contributed by atoms with Crippen molar-refractivity contribution in [2.24, 2.45) is 0 Å². The lowest BCUT2D eigenvalue weighted by molar-refractivity contribution is 0.0949. The minimum Gasteiger partial charge on any atom is -0.350 e. The van der Waals surface area contributed by atoms with Crippen molar-refractivity contribution in [2.45, 2.75) is 19.4 Å². The van der Waals surface area contributed by atoms with Crippen LogP contribution in [0.5, 0.6) is 0 Å². The molecule has 0 saturated heterocycles. The summed E-state index contributed by atoms with van der Waals surface area (Å²) in [5.74, 6) is -0.0652. The van der Waals surface area contributed by atoms with Crippen LogP contribution in [-0.4, -0.2) is 19.0 Å². The average molecular weight is 315 g/mol. The summed E-state index contributed by atoms with van der Waals surface area (Å²) in [7, 11) is 0. The fourth-order valence-electron chi connectivity index (χ4n) is 2.86. The number of benzene rings is 2. The molecule has 2 aromatic rings. The average Bonchev–Trinajstić information content (AvgIpc) is 2.55. The van der Waals surface area contributed by atoms with Gasteiger partial charge in [-0.2, -0.15) is 0 Å². The number of hydrogen-bond acceptors (Lipinski definition) is 2. The predicted octanol–water partition coefficient (Wildman–Crippen LogP) is 3.27. The first-order chi connectivity index (χ1) is 10.6. The molecule has 2 N–H and O–H groups in total. The van der Waals surface area contributed by atoms with Crippen molar-refractivity contribution >= 4 is 17.5 Å². The summed E-state index contributed by atoms with van der Waals surface area (Å²) < 4.78 is 0. The molecule has 1 unspecified atom stereocenters. The topological polar surface area (TPSA) is 41.1 Å². The molecular formula is C18H19ClN2O. The third-order valence-corrected chi connectivity index (χ3v) is 4.53. The summed E-state index contributed by atoms with van der Waals surface area (Å²) in [6.07, 6.45) is 1.04. The van der Waals surface area contributed by atoms with E-state index >= 15 is 0 Å². The lowest BCUT2D eigenvalue weighted by atomic mass is 9.94. The Morgan fingerprint density at radius 2 is 2.14 bits per heavy atom. The molecule has 3 rings (SSSR count). The second-order valence-corrected chi connectivity index (χ2v) is 6.04. The Balaban J connectivity index is 1.68. The number of rotatable bonds is 3. The molecule has 1 aliphatic heterocycles. The lowest BCUT2D eigenvalue weighted by Gasteiger charge is -2.27. The number of amides is 1. The van der Waals surface area contributed by atoms with Crippen LogP contribution in [0.25, 0.3) is 0 Å². The molecular weight excluding hydrogens is 296 g/mol. The second kappa shape index (κ2) is 6.51. The van der Waals surface area contributed by atoms with Crippen molar-refractivity contribution in [3.05, 3.63) is 69.7 Å². The van der Waals surface area contributed by atoms with Crippen LogP contribution in [0.2, 0.25) is 5.02 Å². The number of carbonyl (C=O) groups excluding carboxylic acids is 1. The predicted molar refractivity (Wildman–Crippen MR) is 89.4 cm³/mol. The van der Waals surface area contributed by atoms with Gasteiger partial charge in [-0.3, -0.25) is 4.79 Å². The standard InChI is InChI=1S/C18H19ClN2O/c1-12-10-14(6-7-16(12)19)18(22)21-11-17-15-5-3-2-4-13(15)8-9-20-17/h2-7,10,17,20H,8-9,11H2,1H3,(H,21,22). The van der Waals surface area contributed by atoms with E-state index in [0.717, 1.165) is 18.5 Å². The monoisotopic (exact) mass is 314 g/mol. The maximum absolute atomic E-state index is 12.3. The minimum absolute atomic E-state index is 0.0652. The summed E-state index contributed by atoms with van der Waals surface area (Å²) in [5, 5.41) is 7.16. The van der Waals surface area contributed by atoms with Gasteiger partial charge in [0.25, 0.3) is 5.91 Å². The minimum atomic E-state index is -0.0652. The van der Waals surface area contributed by atoms with Gasteiger partial charge in [0, 0.05) is 23.2 Å². The van der Waals surface area contributed by atoms with Gasteiger partial charge in [0.1, 0.15) is 0 Å². The van der Waals surface area contributed by atoms with Crippen molar-refractivity contribution < 1.29 is 4.79 Å². The van der Waals surface area contributed by atoms with E-state index in [2.05, 4.69) is 28.8 Å². The molecule has 2 aromatic carbocycles. The van der Waals surface area contributed by atoms with Gasteiger partial charge in [0.05, 0.1) is 0 Å². The van der Waals surface area contributed by atoms with Crippen molar-refractivity contribution in [1.29, 1.82) is 0 Å². The van der Waals surface area contributed by atoms with Crippen molar-refractivity contribution in [3.8, 4) is 0 Å². The van der Waals surface area contributed by atoms with Gasteiger partial charge in [-0.05, 0) is 54.8 Å². The number of aryl methyl sites for hydroxylation is 1. The van der Waals surface area contributed by atoms with Gasteiger partial charge in [-0.25, -0.2) is 0 Å². The van der Waals surface area contributed by atoms with Crippen molar-refractivity contribution in [1.82, 2.24) is 10.6 Å². The molecule has 0 saturated carbocycles. The molecule has 0 aromatic heterocycles. The highest BCUT2D eigenvalue weighted by molar-refractivity contribution is 6.31. The van der Waals surface area contributed by atoms with Crippen LogP contribution in [0.15, 0.2) is 42.5 Å². The Morgan fingerprint density at radius 1 is 1.32 bits per heavy atom. The van der Waals surface area contributed by atoms with E-state index in [0.29, 0.717) is 17.1 Å². The first-order valence-electron chi connectivity index (χ1n) is 7.50. The van der Waals surface area contributed by atoms with Gasteiger partial charge >= 0.3 is 0 Å². The molecule has 4 heteroatoms. The van der Waals surface area contributed by atoms with Crippen LogP contribution in [0.4, 0.5) is 0 Å². The molecule has 3 nitrogen and oxygen atoms in total. The molecule has 1 aliphatic rings. The quantitative estimate of drug-likeness (QED) is 0.913. The molecule has 22 heavy (non-hydrogen) atoms. The summed E-state index contributed by atoms with van der Waals surface area (Å²) in [4.78, 5) is 12.3. The molecule has 0 aliphatic carbocycles. The first kappa shape index (κ1) is 15.1. The van der Waals surface area contributed by atoms with E-state index in [9.17, 15) is 4.79 Å². The first-order valence-corrected chi connectivity index (χ1v) is 7.88. The number of carbonyl (C=O) groups is 1. The SMILES string of the molecule is Cc1cc(C(=O)NCC2NCCc3ccccc32)ccc1Cl. The van der Waals surface area contributed by atoms with Crippen LogP contribution in [0, 0.1) is 6.92 Å². The zero-order valence-electron chi connectivity index (χ0n) is 12.5. The van der Waals surface area contributed by atoms with E-state index in [-0.39, 0.29) is 11.9 Å². The zero-order chi connectivity index (χ0) is 15.5. The maximum atomic E-state index is 12.3. The number of nitrogens with one attached hydrogen (secondary N) is 2. The van der Waals surface area contributed by atoms with Crippen LogP contribution in [0.1, 0.15) is 33.1 Å². The van der Waals surface area contributed by atoms with Crippen LogP contribution >= 0.6 is 11.6 Å². The number of fused-ring (bicyclic) bond motifs is 1. The molecule has 0 radical (unpaired) electrons. The van der Waals surface area contributed by atoms with E-state index < -0.39 is 0 Å². The normalized spacial score (nSPS) is 16.9. The van der Waals surface area contributed by atoms with Crippen LogP contribution < -0.4 is 10.6 Å². The molecule has 0 bridgehead atoms. The fourth-order valence-corrected chi connectivity index (χ4v) is 2.98. The lowest BCUT2D eigenvalue weighted by Crippen LogP contribution is -2.38. The van der Waals surface area contributed by atoms with Crippen LogP contribution in [0.3, 0.4) is 0 Å². The third-order valence-electron chi connectivity index (χ3n) is 4.10. The van der Waals surface area contributed by atoms with Gasteiger partial charge in [0.15, 0.2) is 0 Å².